The number of hydrogen-bond donors (Lipinski definition) is 0. The number of rotatable bonds is 4. The molecule has 4 nitrogen and oxygen atoms in total. The fourth-order valence-corrected chi connectivity index (χ4v) is 0.425. The normalized spacial score (nSPS) is 11.0. The molecule has 0 aliphatic rings. The van der Waals surface area contributed by atoms with Crippen LogP contribution < -0.4 is 0 Å². The molecule has 64 valence electrons. The molecule has 0 bridgehead atoms. The van der Waals surface area contributed by atoms with Gasteiger partial charge in [-0.2, -0.15) is 0 Å². The molecule has 0 aromatic rings. The number of halogens is 1. The Labute approximate surface area is 70.1 Å². The Morgan fingerprint density at radius 2 is 2.27 bits per heavy atom. The smallest absolute Gasteiger partial charge is 0.303 e. The van der Waals surface area contributed by atoms with E-state index >= 15 is 0 Å². The Morgan fingerprint density at radius 3 is 2.73 bits per heavy atom. The summed E-state index contributed by atoms with van der Waals surface area (Å²) in [7, 11) is 0. The summed E-state index contributed by atoms with van der Waals surface area (Å²) in [5, 5.41) is 3.55. The number of hydrogen-bond acceptors (Lipinski definition) is 4. The minimum Gasteiger partial charge on any atom is -0.458 e. The van der Waals surface area contributed by atoms with Crippen LogP contribution >= 0.6 is 11.6 Å². The Hall–Kier alpha value is -0.770. The van der Waals surface area contributed by atoms with E-state index in [1.165, 1.54) is 6.92 Å². The van der Waals surface area contributed by atoms with Crippen LogP contribution in [0.4, 0.5) is 0 Å². The average molecular weight is 180 g/mol. The highest BCUT2D eigenvalue weighted by Gasteiger charge is 1.97. The molecule has 0 spiro atoms. The summed E-state index contributed by atoms with van der Waals surface area (Å²) in [6, 6.07) is 0. The maximum absolute atomic E-state index is 10.2. The second-order valence-corrected chi connectivity index (χ2v) is 2.10. The topological polar surface area (TPSA) is 47.9 Å². The van der Waals surface area contributed by atoms with Crippen molar-refractivity contribution in [3.8, 4) is 0 Å². The van der Waals surface area contributed by atoms with Crippen molar-refractivity contribution >= 4 is 22.7 Å². The number of carbonyl (C=O) groups is 1. The molecule has 0 amide bonds. The molecule has 0 N–H and O–H groups in total. The predicted molar refractivity (Wildman–Crippen MR) is 41.5 cm³/mol. The Balaban J connectivity index is 3.50. The number of nitrogens with zero attached hydrogens (tertiary/aromatic N) is 1. The van der Waals surface area contributed by atoms with E-state index in [2.05, 4.69) is 14.7 Å². The predicted octanol–water partition coefficient (Wildman–Crippen LogP) is 1.14. The Morgan fingerprint density at radius 1 is 1.64 bits per heavy atom. The maximum Gasteiger partial charge on any atom is 0.303 e. The standard InChI is InChI=1S/C6H10ClNO3/c1-3-11-8-6(7)4-10-5(2)9/h3-4H2,1-2H3/b8-6-. The van der Waals surface area contributed by atoms with Crippen molar-refractivity contribution in [2.45, 2.75) is 13.8 Å². The summed E-state index contributed by atoms with van der Waals surface area (Å²) in [6.45, 7) is 3.48. The van der Waals surface area contributed by atoms with E-state index in [-0.39, 0.29) is 11.8 Å². The Kier molecular flexibility index (Phi) is 5.56. The fraction of sp³-hybridized carbons (Fsp3) is 0.667. The minimum absolute atomic E-state index is 0.0309. The van der Waals surface area contributed by atoms with Crippen LogP contribution in [0.5, 0.6) is 0 Å². The first kappa shape index (κ1) is 10.2. The molecule has 0 aliphatic heterocycles. The lowest BCUT2D eigenvalue weighted by Crippen LogP contribution is -2.06. The maximum atomic E-state index is 10.2. The summed E-state index contributed by atoms with van der Waals surface area (Å²) in [5.74, 6) is -0.394. The second kappa shape index (κ2) is 5.97. The fourth-order valence-electron chi connectivity index (χ4n) is 0.322. The van der Waals surface area contributed by atoms with Gasteiger partial charge >= 0.3 is 5.97 Å². The van der Waals surface area contributed by atoms with Gasteiger partial charge in [0.1, 0.15) is 13.2 Å². The molecule has 0 saturated heterocycles. The van der Waals surface area contributed by atoms with Crippen LogP contribution in [0.2, 0.25) is 0 Å². The molecule has 0 rings (SSSR count). The van der Waals surface area contributed by atoms with Gasteiger partial charge in [0.25, 0.3) is 0 Å². The van der Waals surface area contributed by atoms with Crippen LogP contribution in [0.1, 0.15) is 13.8 Å². The van der Waals surface area contributed by atoms with Crippen molar-refractivity contribution in [1.29, 1.82) is 0 Å². The van der Waals surface area contributed by atoms with Gasteiger partial charge in [-0.15, -0.1) is 0 Å². The molecule has 0 unspecified atom stereocenters. The molecule has 5 heteroatoms. The first-order valence-corrected chi connectivity index (χ1v) is 3.52. The molecular weight excluding hydrogens is 170 g/mol. The number of ether oxygens (including phenoxy) is 1. The van der Waals surface area contributed by atoms with Gasteiger partial charge in [-0.1, -0.05) is 16.8 Å². The van der Waals surface area contributed by atoms with Gasteiger partial charge in [0.2, 0.25) is 0 Å². The van der Waals surface area contributed by atoms with Crippen molar-refractivity contribution in [3.63, 3.8) is 0 Å². The number of esters is 1. The highest BCUT2D eigenvalue weighted by molar-refractivity contribution is 6.65. The van der Waals surface area contributed by atoms with E-state index in [1.54, 1.807) is 6.92 Å². The third kappa shape index (κ3) is 7.12. The molecular formula is C6H10ClNO3. The molecule has 0 atom stereocenters. The van der Waals surface area contributed by atoms with Crippen molar-refractivity contribution in [2.24, 2.45) is 5.16 Å². The van der Waals surface area contributed by atoms with Gasteiger partial charge in [-0.3, -0.25) is 4.79 Å². The van der Waals surface area contributed by atoms with Gasteiger partial charge in [0.05, 0.1) is 0 Å². The van der Waals surface area contributed by atoms with Crippen LogP contribution in [0.25, 0.3) is 0 Å². The number of carbonyl (C=O) groups excluding carboxylic acids is 1. The quantitative estimate of drug-likeness (QED) is 0.369. The van der Waals surface area contributed by atoms with E-state index in [0.717, 1.165) is 0 Å². The van der Waals surface area contributed by atoms with Gasteiger partial charge in [-0.05, 0) is 6.92 Å². The van der Waals surface area contributed by atoms with E-state index in [0.29, 0.717) is 6.61 Å². The minimum atomic E-state index is -0.394. The third-order valence-electron chi connectivity index (χ3n) is 0.687. The summed E-state index contributed by atoms with van der Waals surface area (Å²) in [5.41, 5.74) is 0. The van der Waals surface area contributed by atoms with Crippen LogP contribution in [-0.4, -0.2) is 24.4 Å². The molecule has 0 radical (unpaired) electrons. The summed E-state index contributed by atoms with van der Waals surface area (Å²) in [6.07, 6.45) is 0. The summed E-state index contributed by atoms with van der Waals surface area (Å²) < 4.78 is 4.52. The van der Waals surface area contributed by atoms with Gasteiger partial charge < -0.3 is 9.57 Å². The van der Waals surface area contributed by atoms with Crippen LogP contribution in [0, 0.1) is 0 Å². The first-order valence-electron chi connectivity index (χ1n) is 3.14. The molecule has 0 saturated carbocycles. The highest BCUT2D eigenvalue weighted by atomic mass is 35.5. The molecule has 0 heterocycles. The number of oxime groups is 1. The lowest BCUT2D eigenvalue weighted by Gasteiger charge is -1.98. The van der Waals surface area contributed by atoms with Gasteiger partial charge in [0.15, 0.2) is 5.17 Å². The van der Waals surface area contributed by atoms with Gasteiger partial charge in [-0.25, -0.2) is 0 Å². The highest BCUT2D eigenvalue weighted by Crippen LogP contribution is 1.89. The molecule has 0 aromatic heterocycles. The zero-order chi connectivity index (χ0) is 8.69. The monoisotopic (exact) mass is 179 g/mol. The summed E-state index contributed by atoms with van der Waals surface area (Å²) >= 11 is 5.45. The first-order chi connectivity index (χ1) is 5.16. The molecule has 0 aromatic carbocycles. The van der Waals surface area contributed by atoms with Crippen molar-refractivity contribution < 1.29 is 14.4 Å². The summed E-state index contributed by atoms with van der Waals surface area (Å²) in [4.78, 5) is 14.8. The third-order valence-corrected chi connectivity index (χ3v) is 0.865. The van der Waals surface area contributed by atoms with Gasteiger partial charge in [0, 0.05) is 6.92 Å². The lowest BCUT2D eigenvalue weighted by molar-refractivity contribution is -0.139. The van der Waals surface area contributed by atoms with Crippen molar-refractivity contribution in [2.75, 3.05) is 13.2 Å². The van der Waals surface area contributed by atoms with Crippen LogP contribution in [0.3, 0.4) is 0 Å². The van der Waals surface area contributed by atoms with E-state index in [9.17, 15) is 4.79 Å². The molecule has 0 aliphatic carbocycles. The van der Waals surface area contributed by atoms with E-state index < -0.39 is 5.97 Å². The second-order valence-electron chi connectivity index (χ2n) is 1.67. The van der Waals surface area contributed by atoms with E-state index in [4.69, 9.17) is 11.6 Å². The lowest BCUT2D eigenvalue weighted by atomic mass is 10.7. The molecule has 0 fully saturated rings. The van der Waals surface area contributed by atoms with Crippen LogP contribution in [0.15, 0.2) is 5.16 Å². The average Bonchev–Trinajstić information content (AvgIpc) is 1.97. The zero-order valence-corrected chi connectivity index (χ0v) is 7.22. The SMILES string of the molecule is CCO/N=C(\Cl)COC(C)=O. The van der Waals surface area contributed by atoms with Crippen LogP contribution in [-0.2, 0) is 14.4 Å². The zero-order valence-electron chi connectivity index (χ0n) is 6.46. The van der Waals surface area contributed by atoms with Crippen molar-refractivity contribution in [3.05, 3.63) is 0 Å². The largest absolute Gasteiger partial charge is 0.458 e. The van der Waals surface area contributed by atoms with Crippen molar-refractivity contribution in [1.82, 2.24) is 0 Å². The van der Waals surface area contributed by atoms with E-state index in [1.807, 2.05) is 0 Å². The Bertz CT molecular complexity index is 158. The molecule has 11 heavy (non-hydrogen) atoms.